The van der Waals surface area contributed by atoms with E-state index < -0.39 is 5.60 Å². The van der Waals surface area contributed by atoms with Gasteiger partial charge in [-0.15, -0.1) is 10.2 Å². The van der Waals surface area contributed by atoms with Crippen molar-refractivity contribution in [2.24, 2.45) is 0 Å². The van der Waals surface area contributed by atoms with Gasteiger partial charge in [-0.2, -0.15) is 0 Å². The maximum atomic E-state index is 10.2. The molecule has 1 saturated heterocycles. The first kappa shape index (κ1) is 14.2. The molecule has 1 N–H and O–H groups in total. The van der Waals surface area contributed by atoms with Crippen LogP contribution in [0.15, 0.2) is 28.7 Å². The molecule has 0 unspecified atom stereocenters. The Balaban J connectivity index is 1.62. The molecule has 2 aromatic rings. The highest BCUT2D eigenvalue weighted by Gasteiger charge is 2.40. The summed E-state index contributed by atoms with van der Waals surface area (Å²) < 4.78 is 5.71. The minimum absolute atomic E-state index is 0.520. The van der Waals surface area contributed by atoms with E-state index in [1.54, 1.807) is 0 Å². The smallest absolute Gasteiger partial charge is 0.247 e. The van der Waals surface area contributed by atoms with E-state index in [1.807, 2.05) is 31.2 Å². The minimum atomic E-state index is -0.520. The molecule has 0 amide bonds. The summed E-state index contributed by atoms with van der Waals surface area (Å²) in [5, 5.41) is 18.4. The highest BCUT2D eigenvalue weighted by Crippen LogP contribution is 2.27. The van der Waals surface area contributed by atoms with Crippen LogP contribution < -0.4 is 0 Å². The summed E-state index contributed by atoms with van der Waals surface area (Å²) in [7, 11) is 0. The predicted octanol–water partition coefficient (Wildman–Crippen LogP) is 2.39. The van der Waals surface area contributed by atoms with Crippen LogP contribution >= 0.6 is 0 Å². The summed E-state index contributed by atoms with van der Waals surface area (Å²) in [5.74, 6) is 1.16. The second-order valence-electron chi connectivity index (χ2n) is 5.99. The molecule has 0 spiro atoms. The van der Waals surface area contributed by atoms with Gasteiger partial charge in [0.25, 0.3) is 0 Å². The Hall–Kier alpha value is -1.72. The Labute approximate surface area is 124 Å². The van der Waals surface area contributed by atoms with Crippen LogP contribution in [0.4, 0.5) is 0 Å². The van der Waals surface area contributed by atoms with Crippen molar-refractivity contribution in [1.29, 1.82) is 0 Å². The van der Waals surface area contributed by atoms with E-state index in [2.05, 4.69) is 22.0 Å². The average Bonchev–Trinajstić information content (AvgIpc) is 2.86. The summed E-state index contributed by atoms with van der Waals surface area (Å²) in [6.45, 7) is 6.10. The third-order valence-corrected chi connectivity index (χ3v) is 3.84. The molecule has 1 aliphatic rings. The van der Waals surface area contributed by atoms with Crippen LogP contribution in [0.25, 0.3) is 11.5 Å². The molecule has 5 heteroatoms. The monoisotopic (exact) mass is 287 g/mol. The largest absolute Gasteiger partial charge is 0.419 e. The number of likely N-dealkylation sites (tertiary alicyclic amines) is 1. The minimum Gasteiger partial charge on any atom is -0.419 e. The Morgan fingerprint density at radius 2 is 2.14 bits per heavy atom. The fourth-order valence-corrected chi connectivity index (χ4v) is 2.92. The molecular formula is C16H21N3O2. The third-order valence-electron chi connectivity index (χ3n) is 3.84. The van der Waals surface area contributed by atoms with E-state index in [0.29, 0.717) is 31.4 Å². The lowest BCUT2D eigenvalue weighted by atomic mass is 9.89. The Morgan fingerprint density at radius 3 is 2.86 bits per heavy atom. The summed E-state index contributed by atoms with van der Waals surface area (Å²) in [6, 6.07) is 8.01. The molecule has 0 atom stereocenters. The van der Waals surface area contributed by atoms with E-state index in [-0.39, 0.29) is 0 Å². The Bertz CT molecular complexity index is 617. The molecule has 21 heavy (non-hydrogen) atoms. The van der Waals surface area contributed by atoms with Crippen molar-refractivity contribution in [2.75, 3.05) is 13.1 Å². The summed E-state index contributed by atoms with van der Waals surface area (Å²) >= 11 is 0. The topological polar surface area (TPSA) is 62.4 Å². The van der Waals surface area contributed by atoms with Crippen LogP contribution in [0.2, 0.25) is 0 Å². The molecule has 1 fully saturated rings. The Morgan fingerprint density at radius 1 is 1.33 bits per heavy atom. The standard InChI is InChI=1S/C16H21N3O2/c1-3-7-16(20)10-19(11-16)9-14-17-18-15(21-14)13-6-4-5-12(2)8-13/h4-6,8,20H,3,7,9-11H2,1-2H3. The Kier molecular flexibility index (Phi) is 3.78. The zero-order valence-electron chi connectivity index (χ0n) is 12.5. The molecule has 1 aromatic heterocycles. The van der Waals surface area contributed by atoms with Gasteiger partial charge in [0.2, 0.25) is 11.8 Å². The SMILES string of the molecule is CCCC1(O)CN(Cc2nnc(-c3cccc(C)c3)o2)C1. The fourth-order valence-electron chi connectivity index (χ4n) is 2.92. The molecule has 112 valence electrons. The van der Waals surface area contributed by atoms with Gasteiger partial charge >= 0.3 is 0 Å². The maximum Gasteiger partial charge on any atom is 0.247 e. The normalized spacial score (nSPS) is 17.7. The van der Waals surface area contributed by atoms with Crippen LogP contribution in [-0.4, -0.2) is 38.9 Å². The highest BCUT2D eigenvalue weighted by molar-refractivity contribution is 5.53. The number of aliphatic hydroxyl groups is 1. The van der Waals surface area contributed by atoms with Gasteiger partial charge in [-0.25, -0.2) is 0 Å². The van der Waals surface area contributed by atoms with Crippen molar-refractivity contribution < 1.29 is 9.52 Å². The van der Waals surface area contributed by atoms with E-state index in [0.717, 1.165) is 18.4 Å². The van der Waals surface area contributed by atoms with Gasteiger partial charge in [-0.3, -0.25) is 4.90 Å². The zero-order chi connectivity index (χ0) is 14.9. The first-order chi connectivity index (χ1) is 10.1. The number of nitrogens with zero attached hydrogens (tertiary/aromatic N) is 3. The van der Waals surface area contributed by atoms with Crippen molar-refractivity contribution in [1.82, 2.24) is 15.1 Å². The van der Waals surface area contributed by atoms with Crippen molar-refractivity contribution >= 4 is 0 Å². The zero-order valence-corrected chi connectivity index (χ0v) is 12.5. The molecule has 1 aliphatic heterocycles. The van der Waals surface area contributed by atoms with Crippen molar-refractivity contribution in [3.63, 3.8) is 0 Å². The first-order valence-electron chi connectivity index (χ1n) is 7.42. The number of β-amino-alcohol motifs (C(OH)–C–C–N with tert-alkyl or cyclic N) is 1. The average molecular weight is 287 g/mol. The highest BCUT2D eigenvalue weighted by atomic mass is 16.4. The third kappa shape index (κ3) is 3.14. The van der Waals surface area contributed by atoms with Gasteiger partial charge in [0.15, 0.2) is 0 Å². The quantitative estimate of drug-likeness (QED) is 0.915. The van der Waals surface area contributed by atoms with Gasteiger partial charge in [0.1, 0.15) is 0 Å². The lowest BCUT2D eigenvalue weighted by Crippen LogP contribution is -2.60. The number of benzene rings is 1. The van der Waals surface area contributed by atoms with E-state index in [9.17, 15) is 5.11 Å². The van der Waals surface area contributed by atoms with Crippen molar-refractivity contribution in [3.05, 3.63) is 35.7 Å². The molecule has 0 aliphatic carbocycles. The number of rotatable bonds is 5. The van der Waals surface area contributed by atoms with E-state index >= 15 is 0 Å². The molecule has 0 radical (unpaired) electrons. The summed E-state index contributed by atoms with van der Waals surface area (Å²) in [4.78, 5) is 2.13. The maximum absolute atomic E-state index is 10.2. The molecule has 1 aromatic carbocycles. The molecular weight excluding hydrogens is 266 g/mol. The second-order valence-corrected chi connectivity index (χ2v) is 5.99. The van der Waals surface area contributed by atoms with Gasteiger partial charge < -0.3 is 9.52 Å². The molecule has 2 heterocycles. The van der Waals surface area contributed by atoms with Gasteiger partial charge in [-0.05, 0) is 25.5 Å². The van der Waals surface area contributed by atoms with E-state index in [4.69, 9.17) is 4.42 Å². The van der Waals surface area contributed by atoms with Crippen molar-refractivity contribution in [2.45, 2.75) is 38.8 Å². The molecule has 5 nitrogen and oxygen atoms in total. The van der Waals surface area contributed by atoms with Gasteiger partial charge in [0, 0.05) is 18.7 Å². The van der Waals surface area contributed by atoms with Crippen molar-refractivity contribution in [3.8, 4) is 11.5 Å². The van der Waals surface area contributed by atoms with Crippen LogP contribution in [0.3, 0.4) is 0 Å². The molecule has 0 bridgehead atoms. The number of aromatic nitrogens is 2. The number of aryl methyl sites for hydroxylation is 1. The lowest BCUT2D eigenvalue weighted by molar-refractivity contribution is -0.109. The van der Waals surface area contributed by atoms with E-state index in [1.165, 1.54) is 5.56 Å². The number of hydrogen-bond donors (Lipinski definition) is 1. The predicted molar refractivity (Wildman–Crippen MR) is 79.6 cm³/mol. The fraction of sp³-hybridized carbons (Fsp3) is 0.500. The van der Waals surface area contributed by atoms with Gasteiger partial charge in [0.05, 0.1) is 12.1 Å². The lowest BCUT2D eigenvalue weighted by Gasteiger charge is -2.46. The number of hydrogen-bond acceptors (Lipinski definition) is 5. The van der Waals surface area contributed by atoms with Gasteiger partial charge in [-0.1, -0.05) is 31.0 Å². The van der Waals surface area contributed by atoms with Crippen LogP contribution in [0, 0.1) is 6.92 Å². The summed E-state index contributed by atoms with van der Waals surface area (Å²) in [5.41, 5.74) is 1.59. The molecule has 3 rings (SSSR count). The second kappa shape index (κ2) is 5.58. The van der Waals surface area contributed by atoms with Crippen LogP contribution in [-0.2, 0) is 6.54 Å². The first-order valence-corrected chi connectivity index (χ1v) is 7.42. The molecule has 0 saturated carbocycles. The van der Waals surface area contributed by atoms with Crippen LogP contribution in [0.1, 0.15) is 31.2 Å². The van der Waals surface area contributed by atoms with Crippen LogP contribution in [0.5, 0.6) is 0 Å². The summed E-state index contributed by atoms with van der Waals surface area (Å²) in [6.07, 6.45) is 1.85.